The molecular formula is C27H22N6O4. The number of nitrogens with one attached hydrogen (secondary N) is 2. The number of amides is 2. The van der Waals surface area contributed by atoms with Crippen LogP contribution in [0.2, 0.25) is 0 Å². The van der Waals surface area contributed by atoms with Crippen molar-refractivity contribution >= 4 is 33.8 Å². The highest BCUT2D eigenvalue weighted by Gasteiger charge is 2.17. The molecule has 5 aromatic rings. The van der Waals surface area contributed by atoms with Crippen molar-refractivity contribution in [1.82, 2.24) is 30.0 Å². The van der Waals surface area contributed by atoms with Gasteiger partial charge in [0.2, 0.25) is 0 Å². The molecule has 2 aromatic carbocycles. The lowest BCUT2D eigenvalue weighted by atomic mass is 10.0. The number of aryl methyl sites for hydroxylation is 2. The van der Waals surface area contributed by atoms with Crippen molar-refractivity contribution < 1.29 is 9.59 Å². The smallest absolute Gasteiger partial charge is 0.280 e. The number of hydrogen-bond acceptors (Lipinski definition) is 6. The van der Waals surface area contributed by atoms with Crippen LogP contribution in [0.1, 0.15) is 26.3 Å². The van der Waals surface area contributed by atoms with Crippen LogP contribution in [-0.2, 0) is 14.1 Å². The average Bonchev–Trinajstić information content (AvgIpc) is 2.92. The standard InChI is InChI=1S/C27H22N6O4/c1-15-8-10-16(11-9-15)22-13-19(18-6-4-5-7-21(18)29-22)25(35)31-30-24(34)17-12-20-23(28-14-17)32(2)27(37)33(3)26(20)36/h4-14H,1-3H3,(H,30,34)(H,31,35). The molecule has 0 aliphatic rings. The molecule has 5 rings (SSSR count). The van der Waals surface area contributed by atoms with Gasteiger partial charge < -0.3 is 0 Å². The molecule has 2 amide bonds. The highest BCUT2D eigenvalue weighted by atomic mass is 16.2. The molecule has 0 unspecified atom stereocenters. The van der Waals surface area contributed by atoms with Crippen LogP contribution in [0.15, 0.2) is 76.4 Å². The second-order valence-electron chi connectivity index (χ2n) is 8.65. The molecule has 2 N–H and O–H groups in total. The fourth-order valence-corrected chi connectivity index (χ4v) is 4.08. The number of hydrazine groups is 1. The van der Waals surface area contributed by atoms with Gasteiger partial charge in [-0.2, -0.15) is 0 Å². The number of hydrogen-bond donors (Lipinski definition) is 2. The summed E-state index contributed by atoms with van der Waals surface area (Å²) in [6.07, 6.45) is 1.24. The third kappa shape index (κ3) is 4.25. The number of rotatable bonds is 3. The summed E-state index contributed by atoms with van der Waals surface area (Å²) in [7, 11) is 2.84. The monoisotopic (exact) mass is 494 g/mol. The maximum absolute atomic E-state index is 13.2. The second kappa shape index (κ2) is 9.15. The Hall–Kier alpha value is -5.12. The van der Waals surface area contributed by atoms with E-state index in [1.54, 1.807) is 18.2 Å². The largest absolute Gasteiger partial charge is 0.332 e. The minimum Gasteiger partial charge on any atom is -0.280 e. The third-order valence-electron chi connectivity index (χ3n) is 6.15. The van der Waals surface area contributed by atoms with E-state index in [1.165, 1.54) is 30.9 Å². The van der Waals surface area contributed by atoms with E-state index in [1.807, 2.05) is 43.3 Å². The van der Waals surface area contributed by atoms with E-state index in [0.717, 1.165) is 15.7 Å². The Morgan fingerprint density at radius 3 is 2.30 bits per heavy atom. The summed E-state index contributed by atoms with van der Waals surface area (Å²) in [5.41, 5.74) is 7.47. The SMILES string of the molecule is Cc1ccc(-c2cc(C(=O)NNC(=O)c3cnc4c(c3)c(=O)n(C)c(=O)n4C)c3ccccc3n2)cc1. The van der Waals surface area contributed by atoms with Gasteiger partial charge in [-0.05, 0) is 25.1 Å². The van der Waals surface area contributed by atoms with E-state index < -0.39 is 23.1 Å². The van der Waals surface area contributed by atoms with Gasteiger partial charge in [0, 0.05) is 31.2 Å². The average molecular weight is 495 g/mol. The van der Waals surface area contributed by atoms with Gasteiger partial charge in [0.1, 0.15) is 5.65 Å². The van der Waals surface area contributed by atoms with Gasteiger partial charge in [0.05, 0.1) is 27.7 Å². The molecule has 0 bridgehead atoms. The first-order chi connectivity index (χ1) is 17.7. The fourth-order valence-electron chi connectivity index (χ4n) is 4.08. The van der Waals surface area contributed by atoms with Crippen LogP contribution in [0.3, 0.4) is 0 Å². The first-order valence-electron chi connectivity index (χ1n) is 11.4. The molecule has 10 heteroatoms. The van der Waals surface area contributed by atoms with Crippen LogP contribution < -0.4 is 22.1 Å². The number of fused-ring (bicyclic) bond motifs is 2. The molecule has 0 radical (unpaired) electrons. The maximum Gasteiger partial charge on any atom is 0.332 e. The van der Waals surface area contributed by atoms with E-state index in [0.29, 0.717) is 22.2 Å². The van der Waals surface area contributed by atoms with Crippen molar-refractivity contribution in [2.24, 2.45) is 14.1 Å². The van der Waals surface area contributed by atoms with E-state index in [9.17, 15) is 19.2 Å². The number of benzene rings is 2. The van der Waals surface area contributed by atoms with Crippen LogP contribution in [0, 0.1) is 6.92 Å². The summed E-state index contributed by atoms with van der Waals surface area (Å²) in [4.78, 5) is 59.4. The van der Waals surface area contributed by atoms with Crippen molar-refractivity contribution in [3.63, 3.8) is 0 Å². The first-order valence-corrected chi connectivity index (χ1v) is 11.4. The van der Waals surface area contributed by atoms with E-state index in [-0.39, 0.29) is 16.6 Å². The number of carbonyl (C=O) groups excluding carboxylic acids is 2. The van der Waals surface area contributed by atoms with Gasteiger partial charge in [-0.25, -0.2) is 14.8 Å². The van der Waals surface area contributed by atoms with E-state index >= 15 is 0 Å². The lowest BCUT2D eigenvalue weighted by Crippen LogP contribution is -2.42. The van der Waals surface area contributed by atoms with Gasteiger partial charge in [-0.1, -0.05) is 48.0 Å². The lowest BCUT2D eigenvalue weighted by Gasteiger charge is -2.12. The Labute approximate surface area is 210 Å². The number of carbonyl (C=O) groups is 2. The van der Waals surface area contributed by atoms with E-state index in [2.05, 4.69) is 20.8 Å². The zero-order chi connectivity index (χ0) is 26.3. The summed E-state index contributed by atoms with van der Waals surface area (Å²) < 4.78 is 2.16. The number of pyridine rings is 2. The quantitative estimate of drug-likeness (QED) is 0.370. The minimum atomic E-state index is -0.671. The fraction of sp³-hybridized carbons (Fsp3) is 0.111. The van der Waals surface area contributed by atoms with Crippen molar-refractivity contribution in [3.05, 3.63) is 104 Å². The van der Waals surface area contributed by atoms with Crippen LogP contribution in [0.5, 0.6) is 0 Å². The molecule has 3 heterocycles. The zero-order valence-corrected chi connectivity index (χ0v) is 20.3. The van der Waals surface area contributed by atoms with Gasteiger partial charge >= 0.3 is 5.69 Å². The summed E-state index contributed by atoms with van der Waals surface area (Å²) in [5.74, 6) is -1.21. The van der Waals surface area contributed by atoms with Gasteiger partial charge in [0.25, 0.3) is 17.4 Å². The number of para-hydroxylation sites is 1. The van der Waals surface area contributed by atoms with Crippen LogP contribution in [0.4, 0.5) is 0 Å². The normalized spacial score (nSPS) is 11.0. The topological polar surface area (TPSA) is 128 Å². The molecule has 10 nitrogen and oxygen atoms in total. The van der Waals surface area contributed by atoms with Crippen molar-refractivity contribution in [2.75, 3.05) is 0 Å². The predicted molar refractivity (Wildman–Crippen MR) is 139 cm³/mol. The van der Waals surface area contributed by atoms with Crippen molar-refractivity contribution in [1.29, 1.82) is 0 Å². The van der Waals surface area contributed by atoms with Gasteiger partial charge in [-0.15, -0.1) is 0 Å². The minimum absolute atomic E-state index is 0.0449. The summed E-state index contributed by atoms with van der Waals surface area (Å²) >= 11 is 0. The first kappa shape index (κ1) is 23.6. The molecule has 0 fully saturated rings. The zero-order valence-electron chi connectivity index (χ0n) is 20.3. The summed E-state index contributed by atoms with van der Waals surface area (Å²) in [6, 6.07) is 18.1. The third-order valence-corrected chi connectivity index (χ3v) is 6.15. The van der Waals surface area contributed by atoms with Gasteiger partial charge in [-0.3, -0.25) is 34.4 Å². The van der Waals surface area contributed by atoms with Crippen LogP contribution >= 0.6 is 0 Å². The molecule has 37 heavy (non-hydrogen) atoms. The summed E-state index contributed by atoms with van der Waals surface area (Å²) in [6.45, 7) is 1.99. The Bertz CT molecular complexity index is 1840. The highest BCUT2D eigenvalue weighted by Crippen LogP contribution is 2.25. The maximum atomic E-state index is 13.2. The Kier molecular flexibility index (Phi) is 5.84. The molecule has 0 atom stereocenters. The molecule has 0 spiro atoms. The molecule has 0 aliphatic carbocycles. The Morgan fingerprint density at radius 1 is 0.838 bits per heavy atom. The number of nitrogens with zero attached hydrogens (tertiary/aromatic N) is 4. The highest BCUT2D eigenvalue weighted by molar-refractivity contribution is 6.08. The second-order valence-corrected chi connectivity index (χ2v) is 8.65. The molecular weight excluding hydrogens is 472 g/mol. The molecule has 0 saturated carbocycles. The Morgan fingerprint density at radius 2 is 1.54 bits per heavy atom. The molecule has 0 aliphatic heterocycles. The van der Waals surface area contributed by atoms with Gasteiger partial charge in [0.15, 0.2) is 0 Å². The van der Waals surface area contributed by atoms with Crippen LogP contribution in [-0.4, -0.2) is 30.9 Å². The molecule has 3 aromatic heterocycles. The van der Waals surface area contributed by atoms with E-state index in [4.69, 9.17) is 0 Å². The Balaban J connectivity index is 1.44. The summed E-state index contributed by atoms with van der Waals surface area (Å²) in [5, 5.41) is 0.730. The van der Waals surface area contributed by atoms with Crippen molar-refractivity contribution in [2.45, 2.75) is 6.92 Å². The molecule has 0 saturated heterocycles. The number of aromatic nitrogens is 4. The predicted octanol–water partition coefficient (Wildman–Crippen LogP) is 2.23. The lowest BCUT2D eigenvalue weighted by molar-refractivity contribution is 0.0847. The van der Waals surface area contributed by atoms with Crippen LogP contribution in [0.25, 0.3) is 33.2 Å². The molecule has 184 valence electrons. The van der Waals surface area contributed by atoms with Crippen molar-refractivity contribution in [3.8, 4) is 11.3 Å².